The second-order valence-corrected chi connectivity index (χ2v) is 8.10. The Morgan fingerprint density at radius 2 is 1.79 bits per heavy atom. The summed E-state index contributed by atoms with van der Waals surface area (Å²) in [5.74, 6) is -0.00102. The number of amides is 2. The van der Waals surface area contributed by atoms with E-state index in [1.165, 1.54) is 11.2 Å². The number of rotatable bonds is 3. The Kier molecular flexibility index (Phi) is 4.60. The summed E-state index contributed by atoms with van der Waals surface area (Å²) < 4.78 is 27.1. The first kappa shape index (κ1) is 16.9. The van der Waals surface area contributed by atoms with Crippen LogP contribution in [0, 0.1) is 0 Å². The lowest BCUT2D eigenvalue weighted by atomic mass is 10.00. The molecule has 1 aromatic carbocycles. The first-order valence-corrected chi connectivity index (χ1v) is 9.42. The van der Waals surface area contributed by atoms with Crippen molar-refractivity contribution in [1.29, 1.82) is 0 Å². The molecule has 1 aromatic rings. The van der Waals surface area contributed by atoms with Crippen molar-refractivity contribution in [1.82, 2.24) is 14.1 Å². The monoisotopic (exact) mass is 351 g/mol. The Hall–Kier alpha value is -1.93. The van der Waals surface area contributed by atoms with Gasteiger partial charge >= 0.3 is 0 Å². The molecule has 2 amide bonds. The van der Waals surface area contributed by atoms with Crippen LogP contribution in [0.5, 0.6) is 0 Å². The van der Waals surface area contributed by atoms with E-state index in [-0.39, 0.29) is 10.8 Å². The van der Waals surface area contributed by atoms with Gasteiger partial charge in [-0.25, -0.2) is 8.42 Å². The van der Waals surface area contributed by atoms with Crippen molar-refractivity contribution < 1.29 is 18.0 Å². The van der Waals surface area contributed by atoms with Gasteiger partial charge in [0.1, 0.15) is 0 Å². The van der Waals surface area contributed by atoms with Crippen LogP contribution in [-0.2, 0) is 32.6 Å². The summed E-state index contributed by atoms with van der Waals surface area (Å²) in [6.07, 6.45) is 1.49. The normalized spacial score (nSPS) is 19.0. The molecule has 1 saturated heterocycles. The van der Waals surface area contributed by atoms with E-state index in [1.807, 2.05) is 6.07 Å². The predicted molar refractivity (Wildman–Crippen MR) is 87.6 cm³/mol. The first-order valence-electron chi connectivity index (χ1n) is 7.98. The molecule has 0 atom stereocenters. The van der Waals surface area contributed by atoms with E-state index in [0.29, 0.717) is 39.3 Å². The van der Waals surface area contributed by atoms with Crippen molar-refractivity contribution in [3.8, 4) is 0 Å². The van der Waals surface area contributed by atoms with Crippen LogP contribution in [0.4, 0.5) is 0 Å². The molecular weight excluding hydrogens is 330 g/mol. The third-order valence-corrected chi connectivity index (χ3v) is 6.59. The standard InChI is InChI=1S/C16H21N3O4S/c1-13(21)18-5-4-14-2-3-16(10-15(14)11-18)24(22,23)19-8-6-17(12-20)7-9-19/h2-3,10,12H,4-9,11H2,1H3. The molecule has 2 aliphatic rings. The predicted octanol–water partition coefficient (Wildman–Crippen LogP) is 0.0539. The molecule has 0 unspecified atom stereocenters. The average Bonchev–Trinajstić information content (AvgIpc) is 2.60. The lowest BCUT2D eigenvalue weighted by molar-refractivity contribution is -0.129. The third kappa shape index (κ3) is 3.16. The van der Waals surface area contributed by atoms with Gasteiger partial charge in [-0.2, -0.15) is 4.31 Å². The van der Waals surface area contributed by atoms with Crippen LogP contribution >= 0.6 is 0 Å². The van der Waals surface area contributed by atoms with Gasteiger partial charge in [-0.1, -0.05) is 6.07 Å². The number of carbonyl (C=O) groups is 2. The zero-order valence-electron chi connectivity index (χ0n) is 13.6. The minimum atomic E-state index is -3.58. The molecule has 3 rings (SSSR count). The Labute approximate surface area is 141 Å². The second-order valence-electron chi connectivity index (χ2n) is 6.17. The highest BCUT2D eigenvalue weighted by Gasteiger charge is 2.29. The summed E-state index contributed by atoms with van der Waals surface area (Å²) in [5.41, 5.74) is 1.99. The van der Waals surface area contributed by atoms with Gasteiger partial charge in [0.15, 0.2) is 0 Å². The fraction of sp³-hybridized carbons (Fsp3) is 0.500. The van der Waals surface area contributed by atoms with E-state index in [1.54, 1.807) is 21.9 Å². The number of carbonyl (C=O) groups excluding carboxylic acids is 2. The van der Waals surface area contributed by atoms with Crippen molar-refractivity contribution in [2.24, 2.45) is 0 Å². The van der Waals surface area contributed by atoms with Crippen molar-refractivity contribution in [2.45, 2.75) is 24.8 Å². The number of sulfonamides is 1. The molecule has 0 spiro atoms. The van der Waals surface area contributed by atoms with Crippen LogP contribution in [0.3, 0.4) is 0 Å². The molecule has 0 aliphatic carbocycles. The van der Waals surface area contributed by atoms with Crippen LogP contribution in [-0.4, -0.2) is 67.6 Å². The summed E-state index contributed by atoms with van der Waals surface area (Å²) in [6.45, 7) is 4.07. The third-order valence-electron chi connectivity index (χ3n) is 4.70. The van der Waals surface area contributed by atoms with Gasteiger partial charge in [-0.15, -0.1) is 0 Å². The molecule has 0 bridgehead atoms. The Bertz CT molecular complexity index is 755. The van der Waals surface area contributed by atoms with Crippen LogP contribution in [0.1, 0.15) is 18.1 Å². The van der Waals surface area contributed by atoms with Gasteiger partial charge < -0.3 is 9.80 Å². The summed E-state index contributed by atoms with van der Waals surface area (Å²) in [4.78, 5) is 25.9. The quantitative estimate of drug-likeness (QED) is 0.721. The number of piperazine rings is 1. The van der Waals surface area contributed by atoms with Crippen molar-refractivity contribution in [2.75, 3.05) is 32.7 Å². The van der Waals surface area contributed by atoms with Crippen molar-refractivity contribution in [3.63, 3.8) is 0 Å². The lowest BCUT2D eigenvalue weighted by Gasteiger charge is -2.32. The molecule has 7 nitrogen and oxygen atoms in total. The summed E-state index contributed by atoms with van der Waals surface area (Å²) in [5, 5.41) is 0. The molecule has 2 aliphatic heterocycles. The topological polar surface area (TPSA) is 78.0 Å². The molecule has 2 heterocycles. The van der Waals surface area contributed by atoms with Gasteiger partial charge in [-0.05, 0) is 29.7 Å². The Morgan fingerprint density at radius 3 is 2.42 bits per heavy atom. The zero-order chi connectivity index (χ0) is 17.3. The maximum atomic E-state index is 12.8. The van der Waals surface area contributed by atoms with E-state index >= 15 is 0 Å². The van der Waals surface area contributed by atoms with Crippen LogP contribution in [0.25, 0.3) is 0 Å². The van der Waals surface area contributed by atoms with E-state index in [2.05, 4.69) is 0 Å². The molecule has 0 aromatic heterocycles. The highest BCUT2D eigenvalue weighted by Crippen LogP contribution is 2.25. The molecule has 0 N–H and O–H groups in total. The molecule has 1 fully saturated rings. The molecule has 130 valence electrons. The van der Waals surface area contributed by atoms with Gasteiger partial charge in [0.05, 0.1) is 4.90 Å². The van der Waals surface area contributed by atoms with E-state index in [4.69, 9.17) is 0 Å². The first-order chi connectivity index (χ1) is 11.4. The number of fused-ring (bicyclic) bond motifs is 1. The highest BCUT2D eigenvalue weighted by atomic mass is 32.2. The maximum Gasteiger partial charge on any atom is 0.243 e. The largest absolute Gasteiger partial charge is 0.343 e. The van der Waals surface area contributed by atoms with Gasteiger partial charge in [0.25, 0.3) is 0 Å². The molecule has 8 heteroatoms. The van der Waals surface area contributed by atoms with Gasteiger partial charge in [0.2, 0.25) is 22.3 Å². The average molecular weight is 351 g/mol. The van der Waals surface area contributed by atoms with Crippen molar-refractivity contribution in [3.05, 3.63) is 29.3 Å². The summed E-state index contributed by atoms with van der Waals surface area (Å²) >= 11 is 0. The summed E-state index contributed by atoms with van der Waals surface area (Å²) in [6, 6.07) is 5.18. The lowest BCUT2D eigenvalue weighted by Crippen LogP contribution is -2.48. The Balaban J connectivity index is 1.83. The molecule has 24 heavy (non-hydrogen) atoms. The second kappa shape index (κ2) is 6.52. The van der Waals surface area contributed by atoms with Gasteiger partial charge in [0, 0.05) is 46.2 Å². The van der Waals surface area contributed by atoms with Crippen LogP contribution in [0.2, 0.25) is 0 Å². The molecule has 0 radical (unpaired) electrons. The number of hydrogen-bond donors (Lipinski definition) is 0. The van der Waals surface area contributed by atoms with Gasteiger partial charge in [-0.3, -0.25) is 9.59 Å². The highest BCUT2D eigenvalue weighted by molar-refractivity contribution is 7.89. The van der Waals surface area contributed by atoms with E-state index in [0.717, 1.165) is 24.0 Å². The maximum absolute atomic E-state index is 12.8. The number of benzene rings is 1. The minimum Gasteiger partial charge on any atom is -0.343 e. The fourth-order valence-corrected chi connectivity index (χ4v) is 4.63. The summed E-state index contributed by atoms with van der Waals surface area (Å²) in [7, 11) is -3.58. The molecular formula is C16H21N3O4S. The number of nitrogens with zero attached hydrogens (tertiary/aromatic N) is 3. The number of hydrogen-bond acceptors (Lipinski definition) is 4. The van der Waals surface area contributed by atoms with Crippen LogP contribution in [0.15, 0.2) is 23.1 Å². The zero-order valence-corrected chi connectivity index (χ0v) is 14.5. The fourth-order valence-electron chi connectivity index (χ4n) is 3.16. The van der Waals surface area contributed by atoms with Crippen molar-refractivity contribution >= 4 is 22.3 Å². The van der Waals surface area contributed by atoms with E-state index in [9.17, 15) is 18.0 Å². The minimum absolute atomic E-state index is 0.00102. The molecule has 0 saturated carbocycles. The van der Waals surface area contributed by atoms with E-state index < -0.39 is 10.0 Å². The Morgan fingerprint density at radius 1 is 1.08 bits per heavy atom. The smallest absolute Gasteiger partial charge is 0.243 e. The van der Waals surface area contributed by atoms with Crippen LogP contribution < -0.4 is 0 Å². The SMILES string of the molecule is CC(=O)N1CCc2ccc(S(=O)(=O)N3CCN(C=O)CC3)cc2C1.